The zero-order chi connectivity index (χ0) is 8.15. The van der Waals surface area contributed by atoms with E-state index < -0.39 is 12.2 Å². The Morgan fingerprint density at radius 2 is 1.90 bits per heavy atom. The molecule has 0 bridgehead atoms. The fourth-order valence-electron chi connectivity index (χ4n) is 0.535. The molecule has 0 aliphatic carbocycles. The van der Waals surface area contributed by atoms with Crippen LogP contribution >= 0.6 is 15.9 Å². The smallest absolute Gasteiger partial charge is 0.0924 e. The van der Waals surface area contributed by atoms with Crippen LogP contribution in [-0.2, 0) is 0 Å². The molecule has 0 saturated carbocycles. The van der Waals surface area contributed by atoms with E-state index in [1.165, 1.54) is 0 Å². The summed E-state index contributed by atoms with van der Waals surface area (Å²) in [6.45, 7) is 3.22. The Kier molecular flexibility index (Phi) is 5.25. The highest BCUT2D eigenvalue weighted by molar-refractivity contribution is 9.09. The number of alkyl halides is 1. The number of hydrogen-bond donors (Lipinski definition) is 3. The van der Waals surface area contributed by atoms with E-state index in [1.807, 2.05) is 0 Å². The summed E-state index contributed by atoms with van der Waals surface area (Å²) in [6, 6.07) is 0. The van der Waals surface area contributed by atoms with Gasteiger partial charge in [-0.15, -0.1) is 0 Å². The number of aliphatic hydroxyl groups is 3. The van der Waals surface area contributed by atoms with Crippen LogP contribution in [0.1, 0.15) is 6.42 Å². The van der Waals surface area contributed by atoms with E-state index in [4.69, 9.17) is 15.3 Å². The summed E-state index contributed by atoms with van der Waals surface area (Å²) in [4.78, 5) is -0.287. The molecule has 3 nitrogen and oxygen atoms in total. The first-order chi connectivity index (χ1) is 4.59. The van der Waals surface area contributed by atoms with Gasteiger partial charge >= 0.3 is 0 Å². The fourth-order valence-corrected chi connectivity index (χ4v) is 1.09. The van der Waals surface area contributed by atoms with Crippen LogP contribution in [-0.4, -0.2) is 39.0 Å². The summed E-state index contributed by atoms with van der Waals surface area (Å²) in [5.41, 5.74) is 0. The molecule has 0 aliphatic rings. The van der Waals surface area contributed by atoms with Gasteiger partial charge < -0.3 is 15.3 Å². The van der Waals surface area contributed by atoms with E-state index in [0.29, 0.717) is 6.42 Å². The summed E-state index contributed by atoms with van der Waals surface area (Å²) in [7, 11) is 0. The summed E-state index contributed by atoms with van der Waals surface area (Å²) in [5.74, 6) is 0. The van der Waals surface area contributed by atoms with Gasteiger partial charge in [0.15, 0.2) is 0 Å². The molecule has 0 aromatic heterocycles. The van der Waals surface area contributed by atoms with Gasteiger partial charge in [0.05, 0.1) is 12.2 Å². The second kappa shape index (κ2) is 5.07. The molecular formula is C6H12BrO3. The third-order valence-corrected chi connectivity index (χ3v) is 2.17. The molecule has 0 aromatic carbocycles. The molecule has 0 heterocycles. The zero-order valence-electron chi connectivity index (χ0n) is 5.57. The summed E-state index contributed by atoms with van der Waals surface area (Å²) in [6.07, 6.45) is -1.50. The van der Waals surface area contributed by atoms with Crippen molar-refractivity contribution in [1.82, 2.24) is 0 Å². The highest BCUT2D eigenvalue weighted by atomic mass is 79.9. The number of aliphatic hydroxyl groups excluding tert-OH is 3. The maximum absolute atomic E-state index is 9.06. The quantitative estimate of drug-likeness (QED) is 0.560. The van der Waals surface area contributed by atoms with Crippen LogP contribution in [0, 0.1) is 6.92 Å². The first-order valence-corrected chi connectivity index (χ1v) is 3.95. The molecule has 3 atom stereocenters. The van der Waals surface area contributed by atoms with Crippen LogP contribution in [0.5, 0.6) is 0 Å². The average Bonchev–Trinajstić information content (AvgIpc) is 1.87. The van der Waals surface area contributed by atoms with Crippen LogP contribution < -0.4 is 0 Å². The third-order valence-electron chi connectivity index (χ3n) is 1.17. The van der Waals surface area contributed by atoms with Gasteiger partial charge in [-0.1, -0.05) is 15.9 Å². The van der Waals surface area contributed by atoms with E-state index in [0.717, 1.165) is 0 Å². The molecule has 0 amide bonds. The van der Waals surface area contributed by atoms with Gasteiger partial charge in [0, 0.05) is 11.4 Å². The number of hydrogen-bond acceptors (Lipinski definition) is 3. The van der Waals surface area contributed by atoms with Crippen LogP contribution in [0.25, 0.3) is 0 Å². The number of rotatable bonds is 4. The minimum absolute atomic E-state index is 0.0142. The van der Waals surface area contributed by atoms with Gasteiger partial charge in [-0.3, -0.25) is 0 Å². The normalized spacial score (nSPS) is 20.1. The second-order valence-corrected chi connectivity index (χ2v) is 3.26. The largest absolute Gasteiger partial charge is 0.396 e. The lowest BCUT2D eigenvalue weighted by Gasteiger charge is -2.18. The minimum atomic E-state index is -1.00. The predicted octanol–water partition coefficient (Wildman–Crippen LogP) is -0.312. The molecule has 0 spiro atoms. The monoisotopic (exact) mass is 211 g/mol. The van der Waals surface area contributed by atoms with Crippen molar-refractivity contribution in [1.29, 1.82) is 0 Å². The lowest BCUT2D eigenvalue weighted by molar-refractivity contribution is 0.0428. The van der Waals surface area contributed by atoms with Crippen molar-refractivity contribution in [3.63, 3.8) is 0 Å². The molecule has 0 aromatic rings. The Morgan fingerprint density at radius 1 is 1.40 bits per heavy atom. The van der Waals surface area contributed by atoms with Crippen LogP contribution in [0.4, 0.5) is 0 Å². The van der Waals surface area contributed by atoms with Crippen molar-refractivity contribution in [3.8, 4) is 0 Å². The van der Waals surface area contributed by atoms with E-state index in [1.54, 1.807) is 0 Å². The van der Waals surface area contributed by atoms with E-state index in [9.17, 15) is 0 Å². The lowest BCUT2D eigenvalue weighted by atomic mass is 10.1. The molecule has 1 unspecified atom stereocenters. The Bertz CT molecular complexity index is 87.1. The third kappa shape index (κ3) is 3.51. The van der Waals surface area contributed by atoms with E-state index in [-0.39, 0.29) is 11.4 Å². The van der Waals surface area contributed by atoms with Crippen molar-refractivity contribution >= 4 is 15.9 Å². The summed E-state index contributed by atoms with van der Waals surface area (Å²) < 4.78 is 0. The Balaban J connectivity index is 3.58. The Hall–Kier alpha value is 0.360. The first-order valence-electron chi connectivity index (χ1n) is 3.03. The molecule has 0 fully saturated rings. The number of halogens is 1. The van der Waals surface area contributed by atoms with Crippen molar-refractivity contribution in [2.75, 3.05) is 6.61 Å². The molecule has 0 saturated heterocycles. The maximum Gasteiger partial charge on any atom is 0.0924 e. The minimum Gasteiger partial charge on any atom is -0.396 e. The molecule has 0 rings (SSSR count). The van der Waals surface area contributed by atoms with Crippen molar-refractivity contribution in [3.05, 3.63) is 6.92 Å². The first kappa shape index (κ1) is 10.4. The van der Waals surface area contributed by atoms with Gasteiger partial charge in [-0.05, 0) is 13.3 Å². The van der Waals surface area contributed by atoms with Crippen molar-refractivity contribution in [2.24, 2.45) is 0 Å². The molecule has 4 heteroatoms. The lowest BCUT2D eigenvalue weighted by Crippen LogP contribution is -2.32. The van der Waals surface area contributed by atoms with Gasteiger partial charge in [0.25, 0.3) is 0 Å². The second-order valence-electron chi connectivity index (χ2n) is 2.09. The van der Waals surface area contributed by atoms with E-state index >= 15 is 0 Å². The predicted molar refractivity (Wildman–Crippen MR) is 41.8 cm³/mol. The molecule has 3 N–H and O–H groups in total. The van der Waals surface area contributed by atoms with Crippen LogP contribution in [0.3, 0.4) is 0 Å². The average molecular weight is 212 g/mol. The van der Waals surface area contributed by atoms with Crippen molar-refractivity contribution in [2.45, 2.75) is 23.5 Å². The molecule has 1 radical (unpaired) electrons. The molecule has 10 heavy (non-hydrogen) atoms. The molecule has 61 valence electrons. The Morgan fingerprint density at radius 3 is 2.20 bits per heavy atom. The van der Waals surface area contributed by atoms with Crippen LogP contribution in [0.2, 0.25) is 0 Å². The molecular weight excluding hydrogens is 200 g/mol. The summed E-state index contributed by atoms with van der Waals surface area (Å²) in [5, 5.41) is 26.2. The molecule has 0 aliphatic heterocycles. The highest BCUT2D eigenvalue weighted by Gasteiger charge is 2.19. The zero-order valence-corrected chi connectivity index (χ0v) is 7.16. The van der Waals surface area contributed by atoms with Crippen molar-refractivity contribution < 1.29 is 15.3 Å². The highest BCUT2D eigenvalue weighted by Crippen LogP contribution is 2.12. The van der Waals surface area contributed by atoms with Gasteiger partial charge in [0.1, 0.15) is 0 Å². The van der Waals surface area contributed by atoms with E-state index in [2.05, 4.69) is 22.9 Å². The SMILES string of the molecule is [CH2][C@H](O)C(O)[C@H](Br)CCO. The fraction of sp³-hybridized carbons (Fsp3) is 0.833. The van der Waals surface area contributed by atoms with Gasteiger partial charge in [0.2, 0.25) is 0 Å². The maximum atomic E-state index is 9.06. The standard InChI is InChI=1S/C6H12BrO3/c1-4(9)6(10)5(7)2-3-8/h4-6,8-10H,1-3H2/t4-,5+,6?/m0/s1. The topological polar surface area (TPSA) is 60.7 Å². The van der Waals surface area contributed by atoms with Gasteiger partial charge in [-0.2, -0.15) is 0 Å². The van der Waals surface area contributed by atoms with Gasteiger partial charge in [-0.25, -0.2) is 0 Å². The van der Waals surface area contributed by atoms with Crippen LogP contribution in [0.15, 0.2) is 0 Å². The summed E-state index contributed by atoms with van der Waals surface area (Å²) >= 11 is 3.09. The Labute approximate surface area is 68.8 Å².